The Labute approximate surface area is 279 Å². The molecule has 1 aliphatic heterocycles. The van der Waals surface area contributed by atoms with Crippen LogP contribution in [-0.4, -0.2) is 70.6 Å². The first-order valence-electron chi connectivity index (χ1n) is 15.8. The van der Waals surface area contributed by atoms with E-state index in [0.717, 1.165) is 11.8 Å². The van der Waals surface area contributed by atoms with Gasteiger partial charge in [-0.1, -0.05) is 49.4 Å². The molecule has 1 aromatic heterocycles. The lowest BCUT2D eigenvalue weighted by Crippen LogP contribution is -2.60. The monoisotopic (exact) mass is 685 g/mol. The number of aromatic nitrogens is 1. The van der Waals surface area contributed by atoms with E-state index in [1.165, 1.54) is 34.8 Å². The maximum Gasteiger partial charge on any atom is 0.456 e. The SMILES string of the molecule is CCC(C(=O)O)c1ccc(OC2CCN(CC(O)(c3cn(Cc4ccccc4)c4cc(C#N)ccc34)C(F)(F)C(F)(F)F)CC2)c(OC)c1. The lowest BCUT2D eigenvalue weighted by atomic mass is 9.85. The number of alkyl halides is 5. The van der Waals surface area contributed by atoms with Crippen LogP contribution >= 0.6 is 0 Å². The number of carboxylic acids is 1. The third kappa shape index (κ3) is 7.07. The molecule has 0 bridgehead atoms. The standard InChI is InChI=1S/C36H36F5N3O5/c1-3-27(33(45)46)25-10-12-31(32(18-25)48-2)49-26-13-15-43(16-14-26)22-34(47,35(37,38)36(39,40)41)29-21-44(20-23-7-5-4-6-8-23)30-17-24(19-42)9-11-28(29)30/h4-12,17-18,21,26-27,47H,3,13-16,20,22H2,1-2H3,(H,45,46). The molecule has 49 heavy (non-hydrogen) atoms. The Balaban J connectivity index is 1.42. The number of aliphatic carboxylic acids is 1. The van der Waals surface area contributed by atoms with Crippen molar-refractivity contribution in [3.8, 4) is 17.6 Å². The van der Waals surface area contributed by atoms with Crippen molar-refractivity contribution in [2.45, 2.75) is 62.5 Å². The Hall–Kier alpha value is -4.67. The second kappa shape index (κ2) is 14.1. The summed E-state index contributed by atoms with van der Waals surface area (Å²) in [5.41, 5.74) is -2.60. The summed E-state index contributed by atoms with van der Waals surface area (Å²) in [4.78, 5) is 13.0. The molecule has 13 heteroatoms. The number of piperidine rings is 1. The zero-order valence-electron chi connectivity index (χ0n) is 26.9. The maximum atomic E-state index is 15.6. The van der Waals surface area contributed by atoms with Crippen molar-refractivity contribution in [2.24, 2.45) is 0 Å². The number of rotatable bonds is 12. The van der Waals surface area contributed by atoms with E-state index in [2.05, 4.69) is 0 Å². The number of hydrogen-bond acceptors (Lipinski definition) is 6. The van der Waals surface area contributed by atoms with Gasteiger partial charge in [-0.2, -0.15) is 27.2 Å². The maximum absolute atomic E-state index is 15.6. The number of halogens is 5. The summed E-state index contributed by atoms with van der Waals surface area (Å²) >= 11 is 0. The van der Waals surface area contributed by atoms with E-state index in [1.807, 2.05) is 6.07 Å². The van der Waals surface area contributed by atoms with Crippen LogP contribution < -0.4 is 9.47 Å². The van der Waals surface area contributed by atoms with Gasteiger partial charge in [0.1, 0.15) is 6.10 Å². The molecule has 2 unspecified atom stereocenters. The van der Waals surface area contributed by atoms with Gasteiger partial charge in [-0.05, 0) is 54.7 Å². The predicted octanol–water partition coefficient (Wildman–Crippen LogP) is 7.08. The number of nitriles is 1. The van der Waals surface area contributed by atoms with Crippen LogP contribution in [-0.2, 0) is 16.9 Å². The number of ether oxygens (including phenoxy) is 2. The lowest BCUT2D eigenvalue weighted by Gasteiger charge is -2.42. The number of aliphatic hydroxyl groups is 1. The van der Waals surface area contributed by atoms with Gasteiger partial charge in [-0.25, -0.2) is 0 Å². The minimum absolute atomic E-state index is 0.0247. The smallest absolute Gasteiger partial charge is 0.456 e. The van der Waals surface area contributed by atoms with Gasteiger partial charge < -0.3 is 24.3 Å². The summed E-state index contributed by atoms with van der Waals surface area (Å²) in [5, 5.41) is 30.7. The molecule has 0 spiro atoms. The number of carboxylic acid groups (broad SMARTS) is 1. The number of fused-ring (bicyclic) bond motifs is 1. The Morgan fingerprint density at radius 2 is 1.71 bits per heavy atom. The molecule has 1 aliphatic rings. The number of likely N-dealkylation sites (tertiary alicyclic amines) is 1. The molecule has 2 N–H and O–H groups in total. The van der Waals surface area contributed by atoms with Crippen LogP contribution in [0.1, 0.15) is 54.4 Å². The Kier molecular flexibility index (Phi) is 10.2. The van der Waals surface area contributed by atoms with Crippen molar-refractivity contribution in [3.05, 3.63) is 95.2 Å². The number of nitrogens with zero attached hydrogens (tertiary/aromatic N) is 3. The molecule has 0 radical (unpaired) electrons. The quantitative estimate of drug-likeness (QED) is 0.154. The topological polar surface area (TPSA) is 108 Å². The van der Waals surface area contributed by atoms with Gasteiger partial charge in [-0.3, -0.25) is 9.69 Å². The van der Waals surface area contributed by atoms with Gasteiger partial charge in [0.15, 0.2) is 17.1 Å². The zero-order chi connectivity index (χ0) is 35.6. The minimum Gasteiger partial charge on any atom is -0.493 e. The summed E-state index contributed by atoms with van der Waals surface area (Å²) in [7, 11) is 1.41. The van der Waals surface area contributed by atoms with Crippen molar-refractivity contribution in [1.82, 2.24) is 9.47 Å². The molecule has 2 heterocycles. The van der Waals surface area contributed by atoms with Crippen molar-refractivity contribution >= 4 is 16.9 Å². The number of carbonyl (C=O) groups is 1. The van der Waals surface area contributed by atoms with Gasteiger partial charge in [0, 0.05) is 43.3 Å². The van der Waals surface area contributed by atoms with Crippen LogP contribution in [0.2, 0.25) is 0 Å². The van der Waals surface area contributed by atoms with Gasteiger partial charge in [-0.15, -0.1) is 0 Å². The average Bonchev–Trinajstić information content (AvgIpc) is 3.43. The minimum atomic E-state index is -6.08. The third-order valence-electron chi connectivity index (χ3n) is 9.11. The molecule has 5 rings (SSSR count). The fourth-order valence-electron chi connectivity index (χ4n) is 6.43. The number of benzene rings is 3. The van der Waals surface area contributed by atoms with Crippen LogP contribution in [0.3, 0.4) is 0 Å². The normalized spacial score (nSPS) is 16.6. The Morgan fingerprint density at radius 1 is 1.02 bits per heavy atom. The van der Waals surface area contributed by atoms with E-state index in [0.29, 0.717) is 23.5 Å². The van der Waals surface area contributed by atoms with E-state index >= 15 is 8.78 Å². The lowest BCUT2D eigenvalue weighted by molar-refractivity contribution is -0.348. The highest BCUT2D eigenvalue weighted by Crippen LogP contribution is 2.51. The van der Waals surface area contributed by atoms with Crippen LogP contribution in [0.4, 0.5) is 22.0 Å². The highest BCUT2D eigenvalue weighted by Gasteiger charge is 2.71. The zero-order valence-corrected chi connectivity index (χ0v) is 26.9. The van der Waals surface area contributed by atoms with Crippen LogP contribution in [0.15, 0.2) is 72.9 Å². The van der Waals surface area contributed by atoms with Crippen molar-refractivity contribution in [2.75, 3.05) is 26.7 Å². The molecular weight excluding hydrogens is 649 g/mol. The summed E-state index contributed by atoms with van der Waals surface area (Å²) in [6, 6.07) is 19.6. The molecule has 0 amide bonds. The Bertz CT molecular complexity index is 1830. The predicted molar refractivity (Wildman–Crippen MR) is 171 cm³/mol. The fraction of sp³-hybridized carbons (Fsp3) is 0.389. The molecule has 1 saturated heterocycles. The van der Waals surface area contributed by atoms with Crippen molar-refractivity contribution in [1.29, 1.82) is 5.26 Å². The van der Waals surface area contributed by atoms with E-state index in [-0.39, 0.29) is 48.9 Å². The summed E-state index contributed by atoms with van der Waals surface area (Å²) in [6.45, 7) is 0.909. The molecule has 8 nitrogen and oxygen atoms in total. The Morgan fingerprint density at radius 3 is 2.31 bits per heavy atom. The summed E-state index contributed by atoms with van der Waals surface area (Å²) in [5.74, 6) is -6.61. The molecule has 1 fully saturated rings. The first kappa shape index (κ1) is 35.6. The van der Waals surface area contributed by atoms with Crippen LogP contribution in [0.25, 0.3) is 10.9 Å². The number of methoxy groups -OCH3 is 1. The van der Waals surface area contributed by atoms with Crippen LogP contribution in [0, 0.1) is 11.3 Å². The van der Waals surface area contributed by atoms with Gasteiger partial charge in [0.2, 0.25) is 0 Å². The fourth-order valence-corrected chi connectivity index (χ4v) is 6.43. The van der Waals surface area contributed by atoms with Crippen LogP contribution in [0.5, 0.6) is 11.5 Å². The van der Waals surface area contributed by atoms with Crippen molar-refractivity contribution < 1.29 is 46.4 Å². The number of β-amino-alcohol motifs (C(OH)–C–C–N with tert-alkyl or cyclic N) is 1. The highest BCUT2D eigenvalue weighted by molar-refractivity contribution is 5.86. The average molecular weight is 686 g/mol. The van der Waals surface area contributed by atoms with E-state index in [4.69, 9.17) is 9.47 Å². The third-order valence-corrected chi connectivity index (χ3v) is 9.11. The van der Waals surface area contributed by atoms with Crippen molar-refractivity contribution in [3.63, 3.8) is 0 Å². The highest BCUT2D eigenvalue weighted by atomic mass is 19.4. The van der Waals surface area contributed by atoms with Gasteiger partial charge in [0.05, 0.1) is 30.2 Å². The largest absolute Gasteiger partial charge is 0.493 e. The van der Waals surface area contributed by atoms with Gasteiger partial charge >= 0.3 is 18.1 Å². The first-order chi connectivity index (χ1) is 23.2. The van der Waals surface area contributed by atoms with E-state index in [1.54, 1.807) is 55.5 Å². The molecule has 0 aliphatic carbocycles. The number of hydrogen-bond donors (Lipinski definition) is 2. The molecule has 0 saturated carbocycles. The van der Waals surface area contributed by atoms with Gasteiger partial charge in [0.25, 0.3) is 0 Å². The second-order valence-corrected chi connectivity index (χ2v) is 12.2. The molecule has 260 valence electrons. The second-order valence-electron chi connectivity index (χ2n) is 12.2. The molecular formula is C36H36F5N3O5. The first-order valence-corrected chi connectivity index (χ1v) is 15.8. The van der Waals surface area contributed by atoms with E-state index < -0.39 is 47.8 Å². The molecule has 2 atom stereocenters. The molecule has 4 aromatic rings. The summed E-state index contributed by atoms with van der Waals surface area (Å²) in [6.07, 6.45) is -4.56. The molecule has 3 aromatic carbocycles. The van der Waals surface area contributed by atoms with E-state index in [9.17, 15) is 33.4 Å². The summed E-state index contributed by atoms with van der Waals surface area (Å²) < 4.78 is 86.6.